The Morgan fingerprint density at radius 2 is 1.94 bits per heavy atom. The van der Waals surface area contributed by atoms with E-state index in [1.807, 2.05) is 19.2 Å². The summed E-state index contributed by atoms with van der Waals surface area (Å²) in [6.07, 6.45) is 3.05. The molecule has 0 saturated heterocycles. The summed E-state index contributed by atoms with van der Waals surface area (Å²) in [5.74, 6) is 0.173. The van der Waals surface area contributed by atoms with E-state index >= 15 is 0 Å². The van der Waals surface area contributed by atoms with E-state index in [9.17, 15) is 4.79 Å². The molecule has 0 bridgehead atoms. The largest absolute Gasteiger partial charge is 0.354 e. The van der Waals surface area contributed by atoms with Gasteiger partial charge in [0, 0.05) is 17.6 Å². The van der Waals surface area contributed by atoms with Gasteiger partial charge in [-0.05, 0) is 37.6 Å². The molecule has 18 heavy (non-hydrogen) atoms. The Labute approximate surface area is 116 Å². The lowest BCUT2D eigenvalue weighted by Gasteiger charge is -2.40. The maximum absolute atomic E-state index is 12.4. The van der Waals surface area contributed by atoms with E-state index in [2.05, 4.69) is 38.7 Å². The first-order valence-corrected chi connectivity index (χ1v) is 7.17. The zero-order chi connectivity index (χ0) is 13.0. The van der Waals surface area contributed by atoms with E-state index in [1.54, 1.807) is 0 Å². The third-order valence-corrected chi connectivity index (χ3v) is 4.23. The zero-order valence-corrected chi connectivity index (χ0v) is 12.2. The highest BCUT2D eigenvalue weighted by Gasteiger charge is 2.45. The smallest absolute Gasteiger partial charge is 0.230 e. The molecular weight excluding hydrogens is 292 g/mol. The Morgan fingerprint density at radius 1 is 1.28 bits per heavy atom. The molecule has 4 heteroatoms. The predicted octanol–water partition coefficient (Wildman–Crippen LogP) is 2.21. The van der Waals surface area contributed by atoms with Crippen molar-refractivity contribution in [3.05, 3.63) is 34.3 Å². The molecular formula is C14H19BrN2O. The molecule has 3 nitrogen and oxygen atoms in total. The second kappa shape index (κ2) is 5.85. The molecule has 98 valence electrons. The van der Waals surface area contributed by atoms with Gasteiger partial charge >= 0.3 is 0 Å². The number of rotatable bonds is 5. The van der Waals surface area contributed by atoms with Crippen molar-refractivity contribution >= 4 is 21.8 Å². The Balaban J connectivity index is 2.10. The van der Waals surface area contributed by atoms with Gasteiger partial charge in [-0.3, -0.25) is 4.79 Å². The molecule has 0 spiro atoms. The normalized spacial score (nSPS) is 17.0. The molecule has 1 aromatic rings. The van der Waals surface area contributed by atoms with Gasteiger partial charge in [0.05, 0.1) is 5.41 Å². The summed E-state index contributed by atoms with van der Waals surface area (Å²) < 4.78 is 1.05. The lowest BCUT2D eigenvalue weighted by atomic mass is 9.64. The van der Waals surface area contributed by atoms with Crippen LogP contribution in [0.25, 0.3) is 0 Å². The van der Waals surface area contributed by atoms with Gasteiger partial charge in [0.15, 0.2) is 0 Å². The average Bonchev–Trinajstić information content (AvgIpc) is 2.30. The Morgan fingerprint density at radius 3 is 2.44 bits per heavy atom. The Kier molecular flexibility index (Phi) is 4.40. The van der Waals surface area contributed by atoms with Gasteiger partial charge in [-0.2, -0.15) is 0 Å². The summed E-state index contributed by atoms with van der Waals surface area (Å²) in [6, 6.07) is 8.13. The molecule has 2 N–H and O–H groups in total. The van der Waals surface area contributed by atoms with Gasteiger partial charge in [0.1, 0.15) is 0 Å². The lowest BCUT2D eigenvalue weighted by Crippen LogP contribution is -2.50. The molecule has 0 atom stereocenters. The van der Waals surface area contributed by atoms with Crippen LogP contribution in [0.1, 0.15) is 24.8 Å². The lowest BCUT2D eigenvalue weighted by molar-refractivity contribution is -0.129. The zero-order valence-electron chi connectivity index (χ0n) is 10.6. The minimum atomic E-state index is -0.283. The molecule has 1 aliphatic rings. The highest BCUT2D eigenvalue weighted by Crippen LogP contribution is 2.44. The first kappa shape index (κ1) is 13.6. The highest BCUT2D eigenvalue weighted by molar-refractivity contribution is 9.10. The molecule has 1 aromatic carbocycles. The molecule has 0 aliphatic heterocycles. The van der Waals surface area contributed by atoms with Gasteiger partial charge in [-0.15, -0.1) is 0 Å². The van der Waals surface area contributed by atoms with Crippen LogP contribution in [0.2, 0.25) is 0 Å². The van der Waals surface area contributed by atoms with Crippen molar-refractivity contribution < 1.29 is 4.79 Å². The molecule has 0 heterocycles. The van der Waals surface area contributed by atoms with Crippen LogP contribution in [0.4, 0.5) is 0 Å². The minimum absolute atomic E-state index is 0.173. The van der Waals surface area contributed by atoms with E-state index in [0.29, 0.717) is 6.54 Å². The Bertz CT molecular complexity index is 412. The highest BCUT2D eigenvalue weighted by atomic mass is 79.9. The third kappa shape index (κ3) is 2.59. The molecule has 0 unspecified atom stereocenters. The maximum Gasteiger partial charge on any atom is 0.230 e. The van der Waals surface area contributed by atoms with E-state index < -0.39 is 0 Å². The number of benzene rings is 1. The maximum atomic E-state index is 12.4. The van der Waals surface area contributed by atoms with E-state index in [0.717, 1.165) is 35.8 Å². The second-order valence-corrected chi connectivity index (χ2v) is 5.72. The summed E-state index contributed by atoms with van der Waals surface area (Å²) in [7, 11) is 1.89. The number of amides is 1. The first-order valence-electron chi connectivity index (χ1n) is 6.38. The van der Waals surface area contributed by atoms with Gasteiger partial charge in [-0.25, -0.2) is 0 Å². The quantitative estimate of drug-likeness (QED) is 0.819. The van der Waals surface area contributed by atoms with Crippen molar-refractivity contribution in [2.75, 3.05) is 20.1 Å². The molecule has 2 rings (SSSR count). The fourth-order valence-electron chi connectivity index (χ4n) is 2.42. The SMILES string of the molecule is CNCCNC(=O)C1(c2ccc(Br)cc2)CCC1. The summed E-state index contributed by atoms with van der Waals surface area (Å²) in [5, 5.41) is 6.06. The van der Waals surface area contributed by atoms with Crippen molar-refractivity contribution in [1.29, 1.82) is 0 Å². The molecule has 1 saturated carbocycles. The topological polar surface area (TPSA) is 41.1 Å². The minimum Gasteiger partial charge on any atom is -0.354 e. The van der Waals surface area contributed by atoms with Crippen LogP contribution in [0, 0.1) is 0 Å². The van der Waals surface area contributed by atoms with Crippen molar-refractivity contribution in [1.82, 2.24) is 10.6 Å². The van der Waals surface area contributed by atoms with Crippen molar-refractivity contribution in [2.45, 2.75) is 24.7 Å². The van der Waals surface area contributed by atoms with E-state index in [4.69, 9.17) is 0 Å². The van der Waals surface area contributed by atoms with Crippen LogP contribution in [-0.4, -0.2) is 26.0 Å². The number of carbonyl (C=O) groups is 1. The molecule has 0 aromatic heterocycles. The summed E-state index contributed by atoms with van der Waals surface area (Å²) in [6.45, 7) is 1.50. The molecule has 1 aliphatic carbocycles. The van der Waals surface area contributed by atoms with Crippen molar-refractivity contribution in [3.63, 3.8) is 0 Å². The van der Waals surface area contributed by atoms with Crippen LogP contribution < -0.4 is 10.6 Å². The number of nitrogens with one attached hydrogen (secondary N) is 2. The standard InChI is InChI=1S/C14H19BrN2O/c1-16-9-10-17-13(18)14(7-2-8-14)11-3-5-12(15)6-4-11/h3-6,16H,2,7-10H2,1H3,(H,17,18). The monoisotopic (exact) mass is 310 g/mol. The van der Waals surface area contributed by atoms with Gasteiger partial charge in [-0.1, -0.05) is 34.5 Å². The van der Waals surface area contributed by atoms with Gasteiger partial charge in [0.2, 0.25) is 5.91 Å². The van der Waals surface area contributed by atoms with Crippen molar-refractivity contribution in [3.8, 4) is 0 Å². The first-order chi connectivity index (χ1) is 8.69. The summed E-state index contributed by atoms with van der Waals surface area (Å²) in [5.41, 5.74) is 0.855. The van der Waals surface area contributed by atoms with Crippen LogP contribution in [0.3, 0.4) is 0 Å². The third-order valence-electron chi connectivity index (χ3n) is 3.70. The van der Waals surface area contributed by atoms with E-state index in [-0.39, 0.29) is 11.3 Å². The van der Waals surface area contributed by atoms with Gasteiger partial charge < -0.3 is 10.6 Å². The van der Waals surface area contributed by atoms with Crippen LogP contribution in [0.15, 0.2) is 28.7 Å². The molecule has 1 amide bonds. The molecule has 1 fully saturated rings. The molecule has 0 radical (unpaired) electrons. The van der Waals surface area contributed by atoms with Crippen LogP contribution in [0.5, 0.6) is 0 Å². The number of hydrogen-bond donors (Lipinski definition) is 2. The number of halogens is 1. The summed E-state index contributed by atoms with van der Waals surface area (Å²) >= 11 is 3.43. The number of likely N-dealkylation sites (N-methyl/N-ethyl adjacent to an activating group) is 1. The van der Waals surface area contributed by atoms with Crippen molar-refractivity contribution in [2.24, 2.45) is 0 Å². The average molecular weight is 311 g/mol. The number of hydrogen-bond acceptors (Lipinski definition) is 2. The van der Waals surface area contributed by atoms with Crippen LogP contribution in [-0.2, 0) is 10.2 Å². The van der Waals surface area contributed by atoms with E-state index in [1.165, 1.54) is 0 Å². The summed E-state index contributed by atoms with van der Waals surface area (Å²) in [4.78, 5) is 12.4. The van der Waals surface area contributed by atoms with Gasteiger partial charge in [0.25, 0.3) is 0 Å². The number of carbonyl (C=O) groups excluding carboxylic acids is 1. The second-order valence-electron chi connectivity index (χ2n) is 4.80. The van der Waals surface area contributed by atoms with Crippen LogP contribution >= 0.6 is 15.9 Å². The Hall–Kier alpha value is -0.870. The predicted molar refractivity (Wildman–Crippen MR) is 76.6 cm³/mol. The fraction of sp³-hybridized carbons (Fsp3) is 0.500. The fourth-order valence-corrected chi connectivity index (χ4v) is 2.68.